The molecule has 0 fully saturated rings. The molecular weight excluding hydrogens is 328 g/mol. The molecule has 1 unspecified atom stereocenters. The van der Waals surface area contributed by atoms with Crippen molar-refractivity contribution in [3.05, 3.63) is 58.6 Å². The number of likely N-dealkylation sites (N-methyl/N-ethyl adjacent to an activating group) is 1. The molecule has 0 radical (unpaired) electrons. The first kappa shape index (κ1) is 18.1. The van der Waals surface area contributed by atoms with E-state index in [2.05, 4.69) is 5.32 Å². The molecule has 0 aromatic heterocycles. The van der Waals surface area contributed by atoms with Gasteiger partial charge >= 0.3 is 6.03 Å². The van der Waals surface area contributed by atoms with Crippen molar-refractivity contribution in [2.45, 2.75) is 13.0 Å². The molecule has 6 heteroatoms. The van der Waals surface area contributed by atoms with Crippen LogP contribution in [-0.4, -0.2) is 36.8 Å². The highest BCUT2D eigenvalue weighted by Crippen LogP contribution is 2.24. The third-order valence-corrected chi connectivity index (χ3v) is 4.13. The summed E-state index contributed by atoms with van der Waals surface area (Å²) in [6, 6.07) is 11.7. The molecule has 2 aromatic rings. The molecule has 0 aliphatic heterocycles. The maximum absolute atomic E-state index is 12.5. The number of nitrogens with zero attached hydrogens (tertiary/aromatic N) is 1. The number of carbonyl (C=O) groups is 1. The highest BCUT2D eigenvalue weighted by molar-refractivity contribution is 6.30. The van der Waals surface area contributed by atoms with E-state index in [4.69, 9.17) is 16.3 Å². The Balaban J connectivity index is 2.14. The van der Waals surface area contributed by atoms with Crippen molar-refractivity contribution in [3.63, 3.8) is 0 Å². The van der Waals surface area contributed by atoms with Crippen LogP contribution in [0.2, 0.25) is 5.02 Å². The molecule has 24 heavy (non-hydrogen) atoms. The normalized spacial score (nSPS) is 11.7. The lowest BCUT2D eigenvalue weighted by molar-refractivity contribution is 0.159. The number of ether oxygens (including phenoxy) is 1. The number of aliphatic hydroxyl groups excluding tert-OH is 1. The Hall–Kier alpha value is -2.24. The highest BCUT2D eigenvalue weighted by Gasteiger charge is 2.21. The number of aryl methyl sites for hydroxylation is 1. The van der Waals surface area contributed by atoms with E-state index in [0.717, 1.165) is 16.9 Å². The van der Waals surface area contributed by atoms with Gasteiger partial charge in [-0.1, -0.05) is 23.7 Å². The predicted molar refractivity (Wildman–Crippen MR) is 95.8 cm³/mol. The van der Waals surface area contributed by atoms with Gasteiger partial charge in [0.2, 0.25) is 0 Å². The molecule has 1 atom stereocenters. The minimum Gasteiger partial charge on any atom is -0.497 e. The molecule has 0 aliphatic rings. The van der Waals surface area contributed by atoms with Crippen molar-refractivity contribution >= 4 is 23.3 Å². The standard InChI is InChI=1S/C18H21ClN2O3/c1-12-10-14(19)6-9-16(12)20-18(23)21(2)17(11-22)13-4-7-15(24-3)8-5-13/h4-10,17,22H,11H2,1-3H3,(H,20,23). The topological polar surface area (TPSA) is 61.8 Å². The van der Waals surface area contributed by atoms with Gasteiger partial charge in [-0.15, -0.1) is 0 Å². The Morgan fingerprint density at radius 2 is 1.96 bits per heavy atom. The Labute approximate surface area is 146 Å². The van der Waals surface area contributed by atoms with Crippen LogP contribution in [0.1, 0.15) is 17.2 Å². The van der Waals surface area contributed by atoms with Crippen molar-refractivity contribution in [2.75, 3.05) is 26.1 Å². The molecule has 0 saturated carbocycles. The van der Waals surface area contributed by atoms with Crippen molar-refractivity contribution in [1.29, 1.82) is 0 Å². The summed E-state index contributed by atoms with van der Waals surface area (Å²) < 4.78 is 5.13. The van der Waals surface area contributed by atoms with Gasteiger partial charge in [0.1, 0.15) is 5.75 Å². The van der Waals surface area contributed by atoms with E-state index >= 15 is 0 Å². The highest BCUT2D eigenvalue weighted by atomic mass is 35.5. The Kier molecular flexibility index (Phi) is 6.06. The number of aliphatic hydroxyl groups is 1. The van der Waals surface area contributed by atoms with Crippen LogP contribution >= 0.6 is 11.6 Å². The van der Waals surface area contributed by atoms with Gasteiger partial charge in [0, 0.05) is 17.8 Å². The lowest BCUT2D eigenvalue weighted by Crippen LogP contribution is -2.36. The van der Waals surface area contributed by atoms with Crippen molar-refractivity contribution < 1.29 is 14.6 Å². The maximum atomic E-state index is 12.5. The second-order valence-corrected chi connectivity index (χ2v) is 5.91. The third kappa shape index (κ3) is 4.19. The Morgan fingerprint density at radius 3 is 2.50 bits per heavy atom. The van der Waals surface area contributed by atoms with Crippen LogP contribution in [0.4, 0.5) is 10.5 Å². The molecule has 2 N–H and O–H groups in total. The summed E-state index contributed by atoms with van der Waals surface area (Å²) in [4.78, 5) is 14.0. The van der Waals surface area contributed by atoms with E-state index in [1.165, 1.54) is 4.90 Å². The fraction of sp³-hybridized carbons (Fsp3) is 0.278. The van der Waals surface area contributed by atoms with Crippen LogP contribution in [0.3, 0.4) is 0 Å². The third-order valence-electron chi connectivity index (χ3n) is 3.89. The largest absolute Gasteiger partial charge is 0.497 e. The lowest BCUT2D eigenvalue weighted by Gasteiger charge is -2.27. The number of hydrogen-bond acceptors (Lipinski definition) is 3. The van der Waals surface area contributed by atoms with Crippen molar-refractivity contribution in [1.82, 2.24) is 4.90 Å². The SMILES string of the molecule is COc1ccc(C(CO)N(C)C(=O)Nc2ccc(Cl)cc2C)cc1. The molecule has 0 bridgehead atoms. The summed E-state index contributed by atoms with van der Waals surface area (Å²) in [5.41, 5.74) is 2.38. The van der Waals surface area contributed by atoms with Crippen LogP contribution in [0.5, 0.6) is 5.75 Å². The summed E-state index contributed by atoms with van der Waals surface area (Å²) in [5, 5.41) is 13.2. The van der Waals surface area contributed by atoms with Crippen LogP contribution < -0.4 is 10.1 Å². The number of carbonyl (C=O) groups excluding carboxylic acids is 1. The van der Waals surface area contributed by atoms with Crippen LogP contribution in [0, 0.1) is 6.92 Å². The van der Waals surface area contributed by atoms with Crippen LogP contribution in [0.25, 0.3) is 0 Å². The first-order chi connectivity index (χ1) is 11.5. The summed E-state index contributed by atoms with van der Waals surface area (Å²) in [5.74, 6) is 0.722. The van der Waals surface area contributed by atoms with Gasteiger partial charge in [-0.2, -0.15) is 0 Å². The number of halogens is 1. The number of methoxy groups -OCH3 is 1. The summed E-state index contributed by atoms with van der Waals surface area (Å²) in [6.45, 7) is 1.68. The molecule has 5 nitrogen and oxygen atoms in total. The molecule has 2 aromatic carbocycles. The molecule has 0 saturated heterocycles. The monoisotopic (exact) mass is 348 g/mol. The molecular formula is C18H21ClN2O3. The zero-order chi connectivity index (χ0) is 17.7. The zero-order valence-electron chi connectivity index (χ0n) is 13.9. The summed E-state index contributed by atoms with van der Waals surface area (Å²) in [6.07, 6.45) is 0. The van der Waals surface area contributed by atoms with E-state index in [1.54, 1.807) is 44.5 Å². The van der Waals surface area contributed by atoms with E-state index < -0.39 is 6.04 Å². The minimum absolute atomic E-state index is 0.185. The number of urea groups is 1. The van der Waals surface area contributed by atoms with Gasteiger partial charge in [0.05, 0.1) is 19.8 Å². The minimum atomic E-state index is -0.455. The Bertz CT molecular complexity index is 704. The molecule has 0 aliphatic carbocycles. The van der Waals surface area contributed by atoms with Gasteiger partial charge in [-0.05, 0) is 48.4 Å². The quantitative estimate of drug-likeness (QED) is 0.862. The van der Waals surface area contributed by atoms with Gasteiger partial charge in [0.25, 0.3) is 0 Å². The molecule has 2 rings (SSSR count). The average Bonchev–Trinajstić information content (AvgIpc) is 2.58. The smallest absolute Gasteiger partial charge is 0.322 e. The Morgan fingerprint density at radius 1 is 1.29 bits per heavy atom. The fourth-order valence-corrected chi connectivity index (χ4v) is 2.62. The van der Waals surface area contributed by atoms with Crippen LogP contribution in [-0.2, 0) is 0 Å². The first-order valence-corrected chi connectivity index (χ1v) is 7.89. The molecule has 0 spiro atoms. The van der Waals surface area contributed by atoms with Gasteiger partial charge < -0.3 is 20.1 Å². The molecule has 0 heterocycles. The van der Waals surface area contributed by atoms with E-state index in [0.29, 0.717) is 10.7 Å². The number of amides is 2. The van der Waals surface area contributed by atoms with Crippen molar-refractivity contribution in [3.8, 4) is 5.75 Å². The number of hydrogen-bond donors (Lipinski definition) is 2. The molecule has 128 valence electrons. The van der Waals surface area contributed by atoms with Gasteiger partial charge in [0.15, 0.2) is 0 Å². The van der Waals surface area contributed by atoms with Gasteiger partial charge in [-0.25, -0.2) is 4.79 Å². The van der Waals surface area contributed by atoms with E-state index in [-0.39, 0.29) is 12.6 Å². The maximum Gasteiger partial charge on any atom is 0.322 e. The number of anilines is 1. The number of nitrogens with one attached hydrogen (secondary N) is 1. The summed E-state index contributed by atoms with van der Waals surface area (Å²) in [7, 11) is 3.23. The van der Waals surface area contributed by atoms with Gasteiger partial charge in [-0.3, -0.25) is 0 Å². The second kappa shape index (κ2) is 8.04. The van der Waals surface area contributed by atoms with E-state index in [9.17, 15) is 9.90 Å². The van der Waals surface area contributed by atoms with Crippen LogP contribution in [0.15, 0.2) is 42.5 Å². The number of rotatable bonds is 5. The van der Waals surface area contributed by atoms with Crippen molar-refractivity contribution in [2.24, 2.45) is 0 Å². The average molecular weight is 349 g/mol. The summed E-state index contributed by atoms with van der Waals surface area (Å²) >= 11 is 5.93. The number of benzene rings is 2. The fourth-order valence-electron chi connectivity index (χ4n) is 2.39. The second-order valence-electron chi connectivity index (χ2n) is 5.47. The molecule has 2 amide bonds. The predicted octanol–water partition coefficient (Wildman–Crippen LogP) is 3.85. The zero-order valence-corrected chi connectivity index (χ0v) is 14.7. The lowest BCUT2D eigenvalue weighted by atomic mass is 10.1. The van der Waals surface area contributed by atoms with E-state index in [1.807, 2.05) is 19.1 Å². The first-order valence-electron chi connectivity index (χ1n) is 7.51.